The van der Waals surface area contributed by atoms with Crippen molar-refractivity contribution < 1.29 is 29.0 Å². The number of para-hydroxylation sites is 1. The van der Waals surface area contributed by atoms with Gasteiger partial charge in [0.15, 0.2) is 21.2 Å². The third-order valence-corrected chi connectivity index (χ3v) is 12.0. The molecule has 3 aromatic rings. The molecule has 242 valence electrons. The third-order valence-electron chi connectivity index (χ3n) is 9.81. The number of alkyl halides is 3. The van der Waals surface area contributed by atoms with Crippen LogP contribution in [0.15, 0.2) is 78.4 Å². The second-order valence-electron chi connectivity index (χ2n) is 12.1. The molecule has 4 aliphatic rings. The van der Waals surface area contributed by atoms with Crippen LogP contribution in [-0.4, -0.2) is 55.9 Å². The van der Waals surface area contributed by atoms with E-state index >= 15 is 0 Å². The maximum Gasteiger partial charge on any atom is 0.254 e. The predicted molar refractivity (Wildman–Crippen MR) is 182 cm³/mol. The van der Waals surface area contributed by atoms with Gasteiger partial charge in [0.1, 0.15) is 0 Å². The van der Waals surface area contributed by atoms with E-state index in [0.717, 1.165) is 16.3 Å². The molecule has 3 aromatic carbocycles. The van der Waals surface area contributed by atoms with Crippen LogP contribution < -0.4 is 15.0 Å². The van der Waals surface area contributed by atoms with Gasteiger partial charge in [-0.3, -0.25) is 29.0 Å². The number of hydrogen-bond donors (Lipinski definition) is 2. The highest BCUT2D eigenvalue weighted by Crippen LogP contribution is 2.66. The van der Waals surface area contributed by atoms with Gasteiger partial charge in [-0.05, 0) is 72.9 Å². The fourth-order valence-corrected chi connectivity index (χ4v) is 9.32. The van der Waals surface area contributed by atoms with Crippen LogP contribution in [0.5, 0.6) is 11.5 Å². The second kappa shape index (κ2) is 11.5. The Morgan fingerprint density at radius 3 is 2.30 bits per heavy atom. The molecule has 9 nitrogen and oxygen atoms in total. The second-order valence-corrected chi connectivity index (χ2v) is 14.2. The summed E-state index contributed by atoms with van der Waals surface area (Å²) < 4.78 is 5.35. The number of carbonyl (C=O) groups is 4. The van der Waals surface area contributed by atoms with Gasteiger partial charge >= 0.3 is 0 Å². The lowest BCUT2D eigenvalue weighted by Crippen LogP contribution is -2.60. The normalized spacial score (nSPS) is 29.8. The molecular weight excluding hydrogens is 733 g/mol. The molecule has 2 N–H and O–H groups in total. The number of hydrogen-bond acceptors (Lipinski definition) is 7. The van der Waals surface area contributed by atoms with Crippen LogP contribution in [0, 0.1) is 17.8 Å². The third kappa shape index (κ3) is 4.55. The number of imide groups is 2. The van der Waals surface area contributed by atoms with Gasteiger partial charge in [0, 0.05) is 17.3 Å². The van der Waals surface area contributed by atoms with Crippen molar-refractivity contribution in [3.05, 3.63) is 89.0 Å². The van der Waals surface area contributed by atoms with Crippen molar-refractivity contribution in [2.24, 2.45) is 17.8 Å². The molecule has 0 spiro atoms. The largest absolute Gasteiger partial charge is 0.503 e. The van der Waals surface area contributed by atoms with E-state index in [1.165, 1.54) is 24.1 Å². The Kier molecular flexibility index (Phi) is 7.86. The Bertz CT molecular complexity index is 1870. The molecule has 47 heavy (non-hydrogen) atoms. The first-order chi connectivity index (χ1) is 22.5. The number of rotatable bonds is 6. The standard InChI is InChI=1S/C34H27BrCl3N3O6/c1-47-25-14-17(13-24(36)28(25)42)27-21-11-12-22-26(23(21)15-33(37)31(45)40(16-35)32(46)34(27,33)38)30(44)41(29(22)43)20-9-7-19(8-10-20)39-18-5-3-2-4-6-18/h2-11,13-14,22-23,26-27,39,42H,12,15-16H2,1H3. The zero-order valence-electron chi connectivity index (χ0n) is 24.8. The molecule has 2 aliphatic heterocycles. The van der Waals surface area contributed by atoms with Gasteiger partial charge in [-0.1, -0.05) is 57.4 Å². The number of likely N-dealkylation sites (tertiary alicyclic amines) is 1. The first-order valence-corrected chi connectivity index (χ1v) is 17.1. The molecule has 13 heteroatoms. The van der Waals surface area contributed by atoms with Gasteiger partial charge in [-0.2, -0.15) is 0 Å². The minimum atomic E-state index is -2.01. The van der Waals surface area contributed by atoms with Crippen molar-refractivity contribution in [3.8, 4) is 11.5 Å². The van der Waals surface area contributed by atoms with Crippen molar-refractivity contribution in [3.63, 3.8) is 0 Å². The number of methoxy groups -OCH3 is 1. The van der Waals surface area contributed by atoms with Gasteiger partial charge in [0.05, 0.1) is 35.1 Å². The van der Waals surface area contributed by atoms with Crippen LogP contribution in [0.1, 0.15) is 24.3 Å². The molecular formula is C34H27BrCl3N3O6. The first-order valence-electron chi connectivity index (χ1n) is 14.8. The van der Waals surface area contributed by atoms with E-state index in [1.807, 2.05) is 36.4 Å². The lowest BCUT2D eigenvalue weighted by Gasteiger charge is -2.50. The van der Waals surface area contributed by atoms with E-state index in [9.17, 15) is 24.3 Å². The predicted octanol–water partition coefficient (Wildman–Crippen LogP) is 6.71. The molecule has 0 bridgehead atoms. The van der Waals surface area contributed by atoms with E-state index < -0.39 is 51.1 Å². The van der Waals surface area contributed by atoms with E-state index in [-0.39, 0.29) is 40.7 Å². The summed E-state index contributed by atoms with van der Waals surface area (Å²) in [6.07, 6.45) is 1.89. The minimum Gasteiger partial charge on any atom is -0.503 e. The smallest absolute Gasteiger partial charge is 0.254 e. The number of anilines is 3. The van der Waals surface area contributed by atoms with E-state index in [4.69, 9.17) is 39.5 Å². The Morgan fingerprint density at radius 2 is 1.64 bits per heavy atom. The Labute approximate surface area is 293 Å². The molecule has 4 amide bonds. The van der Waals surface area contributed by atoms with Crippen molar-refractivity contribution in [1.29, 1.82) is 0 Å². The molecule has 3 fully saturated rings. The highest BCUT2D eigenvalue weighted by atomic mass is 79.9. The fraction of sp³-hybridized carbons (Fsp3) is 0.294. The number of allylic oxidation sites excluding steroid dienone is 2. The topological polar surface area (TPSA) is 116 Å². The average molecular weight is 760 g/mol. The molecule has 6 atom stereocenters. The molecule has 1 saturated carbocycles. The number of amides is 4. The number of aromatic hydroxyl groups is 1. The van der Waals surface area contributed by atoms with Gasteiger partial charge in [-0.15, -0.1) is 23.2 Å². The molecule has 2 heterocycles. The summed E-state index contributed by atoms with van der Waals surface area (Å²) in [6, 6.07) is 19.5. The van der Waals surface area contributed by atoms with Crippen molar-refractivity contribution in [2.75, 3.05) is 22.8 Å². The molecule has 7 rings (SSSR count). The maximum atomic E-state index is 14.3. The Morgan fingerprint density at radius 1 is 0.957 bits per heavy atom. The zero-order chi connectivity index (χ0) is 33.4. The quantitative estimate of drug-likeness (QED) is 0.124. The molecule has 0 aromatic heterocycles. The van der Waals surface area contributed by atoms with Gasteiger partial charge in [0.25, 0.3) is 11.8 Å². The summed E-state index contributed by atoms with van der Waals surface area (Å²) in [4.78, 5) is 54.3. The van der Waals surface area contributed by atoms with E-state index in [2.05, 4.69) is 21.2 Å². The highest BCUT2D eigenvalue weighted by Gasteiger charge is 2.76. The first kappa shape index (κ1) is 32.0. The fourth-order valence-electron chi connectivity index (χ4n) is 7.68. The summed E-state index contributed by atoms with van der Waals surface area (Å²) >= 11 is 24.2. The van der Waals surface area contributed by atoms with Crippen LogP contribution in [0.4, 0.5) is 17.1 Å². The van der Waals surface area contributed by atoms with Crippen LogP contribution in [-0.2, 0) is 19.2 Å². The lowest BCUT2D eigenvalue weighted by atomic mass is 9.56. The van der Waals surface area contributed by atoms with Gasteiger partial charge < -0.3 is 15.2 Å². The number of phenols is 1. The van der Waals surface area contributed by atoms with E-state index in [1.54, 1.807) is 24.3 Å². The van der Waals surface area contributed by atoms with Crippen molar-refractivity contribution >= 4 is 91.4 Å². The number of halogens is 4. The summed E-state index contributed by atoms with van der Waals surface area (Å²) in [5.41, 5.74) is 2.91. The van der Waals surface area contributed by atoms with Gasteiger partial charge in [0.2, 0.25) is 11.8 Å². The van der Waals surface area contributed by atoms with Crippen molar-refractivity contribution in [1.82, 2.24) is 4.90 Å². The monoisotopic (exact) mass is 757 g/mol. The minimum absolute atomic E-state index is 0.0296. The zero-order valence-corrected chi connectivity index (χ0v) is 28.6. The number of benzene rings is 3. The Hall–Kier alpha value is -3.57. The summed E-state index contributed by atoms with van der Waals surface area (Å²) in [6.45, 7) is 0. The van der Waals surface area contributed by atoms with Crippen LogP contribution in [0.25, 0.3) is 0 Å². The average Bonchev–Trinajstić information content (AvgIpc) is 3.40. The molecule has 2 aliphatic carbocycles. The summed E-state index contributed by atoms with van der Waals surface area (Å²) in [5.74, 6) is -5.79. The van der Waals surface area contributed by atoms with Crippen LogP contribution in [0.3, 0.4) is 0 Å². The number of phenolic OH excluding ortho intramolecular Hbond substituents is 1. The van der Waals surface area contributed by atoms with Gasteiger partial charge in [-0.25, -0.2) is 0 Å². The molecule has 2 saturated heterocycles. The number of carbonyl (C=O) groups excluding carboxylic acids is 4. The SMILES string of the molecule is COc1cc(C2C3=CCC4C(=O)N(c5ccc(Nc6ccccc6)cc5)C(=O)C4C3CC3(Cl)C(=O)N(CBr)C(=O)C23Cl)cc(Cl)c1O. The number of ether oxygens (including phenoxy) is 1. The Balaban J connectivity index is 1.30. The number of nitrogens with zero attached hydrogens (tertiary/aromatic N) is 2. The molecule has 6 unspecified atom stereocenters. The van der Waals surface area contributed by atoms with Crippen molar-refractivity contribution in [2.45, 2.75) is 28.5 Å². The van der Waals surface area contributed by atoms with E-state index in [0.29, 0.717) is 16.8 Å². The van der Waals surface area contributed by atoms with Crippen LogP contribution >= 0.6 is 50.7 Å². The van der Waals surface area contributed by atoms with Crippen LogP contribution in [0.2, 0.25) is 5.02 Å². The summed E-state index contributed by atoms with van der Waals surface area (Å²) in [7, 11) is 1.35. The highest BCUT2D eigenvalue weighted by molar-refractivity contribution is 9.09. The molecule has 0 radical (unpaired) electrons. The number of fused-ring (bicyclic) bond motifs is 4. The number of nitrogens with one attached hydrogen (secondary N) is 1. The maximum absolute atomic E-state index is 14.3. The summed E-state index contributed by atoms with van der Waals surface area (Å²) in [5, 5.41) is 13.7. The lowest BCUT2D eigenvalue weighted by molar-refractivity contribution is -0.138.